The Hall–Kier alpha value is -3.10. The number of amides is 2. The summed E-state index contributed by atoms with van der Waals surface area (Å²) in [6.45, 7) is 14.1. The molecule has 2 amide bonds. The second kappa shape index (κ2) is 13.1. The molecule has 0 aliphatic carbocycles. The van der Waals surface area contributed by atoms with Crippen LogP contribution in [0.2, 0.25) is 0 Å². The van der Waals surface area contributed by atoms with Crippen molar-refractivity contribution in [3.05, 3.63) is 35.9 Å². The van der Waals surface area contributed by atoms with Gasteiger partial charge in [-0.2, -0.15) is 0 Å². The summed E-state index contributed by atoms with van der Waals surface area (Å²) in [5, 5.41) is 0. The highest BCUT2D eigenvalue weighted by Crippen LogP contribution is 2.27. The lowest BCUT2D eigenvalue weighted by Gasteiger charge is -2.38. The van der Waals surface area contributed by atoms with E-state index in [0.29, 0.717) is 25.8 Å². The molecule has 1 fully saturated rings. The molecule has 9 heteroatoms. The molecule has 3 atom stereocenters. The fourth-order valence-electron chi connectivity index (χ4n) is 4.29. The van der Waals surface area contributed by atoms with Gasteiger partial charge in [0.1, 0.15) is 36.4 Å². The van der Waals surface area contributed by atoms with Gasteiger partial charge < -0.3 is 19.1 Å². The Kier molecular flexibility index (Phi) is 10.7. The minimum Gasteiger partial charge on any atom is -0.459 e. The second-order valence-electron chi connectivity index (χ2n) is 11.8. The third-order valence-corrected chi connectivity index (χ3v) is 6.15. The van der Waals surface area contributed by atoms with Crippen molar-refractivity contribution < 1.29 is 33.4 Å². The predicted octanol–water partition coefficient (Wildman–Crippen LogP) is 4.71. The first-order chi connectivity index (χ1) is 17.6. The molecule has 1 aromatic rings. The van der Waals surface area contributed by atoms with Crippen molar-refractivity contribution >= 4 is 23.9 Å². The van der Waals surface area contributed by atoms with Crippen molar-refractivity contribution in [1.29, 1.82) is 0 Å². The van der Waals surface area contributed by atoms with Crippen LogP contribution in [0.1, 0.15) is 80.2 Å². The van der Waals surface area contributed by atoms with Crippen molar-refractivity contribution in [2.45, 2.75) is 105 Å². The number of hydrogen-bond donors (Lipinski definition) is 0. The molecule has 9 nitrogen and oxygen atoms in total. The number of carbonyl (C=O) groups is 4. The lowest BCUT2D eigenvalue weighted by Crippen LogP contribution is -2.58. The molecule has 1 aliphatic rings. The van der Waals surface area contributed by atoms with Crippen LogP contribution in [-0.2, 0) is 35.2 Å². The molecule has 1 aliphatic heterocycles. The topological polar surface area (TPSA) is 102 Å². The number of likely N-dealkylation sites (tertiary alicyclic amines) is 1. The SMILES string of the molecule is CCC(C)[C@@H](C(=O)N1CCC[C@H]1C(=O)OCc1ccccc1)N(CC(=O)OC(C)(C)C)C(=O)OC(C)(C)C. The van der Waals surface area contributed by atoms with Crippen LogP contribution in [0, 0.1) is 5.92 Å². The summed E-state index contributed by atoms with van der Waals surface area (Å²) in [6, 6.07) is 7.54. The van der Waals surface area contributed by atoms with Gasteiger partial charge in [-0.3, -0.25) is 14.5 Å². The molecule has 0 N–H and O–H groups in total. The lowest BCUT2D eigenvalue weighted by atomic mass is 9.96. The number of rotatable bonds is 9. The van der Waals surface area contributed by atoms with Gasteiger partial charge in [0.05, 0.1) is 0 Å². The van der Waals surface area contributed by atoms with Gasteiger partial charge in [-0.25, -0.2) is 9.59 Å². The predicted molar refractivity (Wildman–Crippen MR) is 143 cm³/mol. The van der Waals surface area contributed by atoms with Gasteiger partial charge in [0.15, 0.2) is 0 Å². The molecule has 0 spiro atoms. The molecule has 1 heterocycles. The number of benzene rings is 1. The third-order valence-electron chi connectivity index (χ3n) is 6.15. The summed E-state index contributed by atoms with van der Waals surface area (Å²) in [5.74, 6) is -1.87. The molecule has 212 valence electrons. The van der Waals surface area contributed by atoms with Crippen LogP contribution in [0.15, 0.2) is 30.3 Å². The Balaban J connectivity index is 2.32. The smallest absolute Gasteiger partial charge is 0.411 e. The van der Waals surface area contributed by atoms with E-state index in [1.54, 1.807) is 41.5 Å². The van der Waals surface area contributed by atoms with Crippen LogP contribution in [0.25, 0.3) is 0 Å². The van der Waals surface area contributed by atoms with Gasteiger partial charge in [-0.15, -0.1) is 0 Å². The Morgan fingerprint density at radius 2 is 1.61 bits per heavy atom. The summed E-state index contributed by atoms with van der Waals surface area (Å²) in [4.78, 5) is 55.9. The van der Waals surface area contributed by atoms with Gasteiger partial charge in [0.25, 0.3) is 0 Å². The van der Waals surface area contributed by atoms with E-state index in [4.69, 9.17) is 14.2 Å². The maximum Gasteiger partial charge on any atom is 0.411 e. The van der Waals surface area contributed by atoms with Crippen LogP contribution in [0.3, 0.4) is 0 Å². The molecule has 1 saturated heterocycles. The van der Waals surface area contributed by atoms with E-state index in [1.165, 1.54) is 4.90 Å². The van der Waals surface area contributed by atoms with Gasteiger partial charge >= 0.3 is 18.0 Å². The molecule has 1 aromatic carbocycles. The van der Waals surface area contributed by atoms with E-state index in [9.17, 15) is 19.2 Å². The highest BCUT2D eigenvalue weighted by atomic mass is 16.6. The van der Waals surface area contributed by atoms with Crippen molar-refractivity contribution in [3.8, 4) is 0 Å². The number of ether oxygens (including phenoxy) is 3. The zero-order valence-electron chi connectivity index (χ0n) is 24.1. The van der Waals surface area contributed by atoms with E-state index >= 15 is 0 Å². The summed E-state index contributed by atoms with van der Waals surface area (Å²) in [7, 11) is 0. The third kappa shape index (κ3) is 9.33. The minimum absolute atomic E-state index is 0.107. The average molecular weight is 533 g/mol. The monoisotopic (exact) mass is 532 g/mol. The van der Waals surface area contributed by atoms with Crippen molar-refractivity contribution in [2.75, 3.05) is 13.1 Å². The molecule has 2 rings (SSSR count). The first-order valence-electron chi connectivity index (χ1n) is 13.4. The zero-order valence-corrected chi connectivity index (χ0v) is 24.1. The fraction of sp³-hybridized carbons (Fsp3) is 0.655. The van der Waals surface area contributed by atoms with E-state index in [1.807, 2.05) is 44.2 Å². The molecule has 1 unspecified atom stereocenters. The Morgan fingerprint density at radius 3 is 2.16 bits per heavy atom. The number of hydrogen-bond acceptors (Lipinski definition) is 7. The Labute approximate surface area is 226 Å². The number of carbonyl (C=O) groups excluding carboxylic acids is 4. The molecular weight excluding hydrogens is 488 g/mol. The lowest BCUT2D eigenvalue weighted by molar-refractivity contribution is -0.160. The summed E-state index contributed by atoms with van der Waals surface area (Å²) < 4.78 is 16.6. The van der Waals surface area contributed by atoms with Gasteiger partial charge in [-0.05, 0) is 65.9 Å². The quantitative estimate of drug-likeness (QED) is 0.335. The minimum atomic E-state index is -1.02. The second-order valence-corrected chi connectivity index (χ2v) is 11.8. The molecule has 0 radical (unpaired) electrons. The van der Waals surface area contributed by atoms with Crippen LogP contribution in [-0.4, -0.2) is 70.1 Å². The fourth-order valence-corrected chi connectivity index (χ4v) is 4.29. The average Bonchev–Trinajstić information content (AvgIpc) is 3.30. The van der Waals surface area contributed by atoms with E-state index in [2.05, 4.69) is 0 Å². The van der Waals surface area contributed by atoms with E-state index in [-0.39, 0.29) is 12.5 Å². The highest BCUT2D eigenvalue weighted by molar-refractivity contribution is 5.91. The van der Waals surface area contributed by atoms with Crippen LogP contribution in [0.5, 0.6) is 0 Å². The van der Waals surface area contributed by atoms with Gasteiger partial charge in [0, 0.05) is 6.54 Å². The standard InChI is InChI=1S/C29H44N2O7/c1-9-20(2)24(31(27(35)38-29(6,7)8)18-23(32)37-28(3,4)5)25(33)30-17-13-16-22(30)26(34)36-19-21-14-11-10-12-15-21/h10-12,14-15,20,22,24H,9,13,16-19H2,1-8H3/t20?,22-,24-/m0/s1. The van der Waals surface area contributed by atoms with Crippen molar-refractivity contribution in [3.63, 3.8) is 0 Å². The highest BCUT2D eigenvalue weighted by Gasteiger charge is 2.44. The Bertz CT molecular complexity index is 965. The maximum absolute atomic E-state index is 14.0. The van der Waals surface area contributed by atoms with Crippen LogP contribution < -0.4 is 0 Å². The molecule has 0 saturated carbocycles. The van der Waals surface area contributed by atoms with Crippen molar-refractivity contribution in [1.82, 2.24) is 9.80 Å². The number of esters is 2. The first kappa shape index (κ1) is 31.1. The summed E-state index contributed by atoms with van der Waals surface area (Å²) in [5.41, 5.74) is -0.763. The molecule has 0 bridgehead atoms. The Morgan fingerprint density at radius 1 is 1.00 bits per heavy atom. The zero-order chi connectivity index (χ0) is 28.7. The van der Waals surface area contributed by atoms with Crippen molar-refractivity contribution in [2.24, 2.45) is 5.92 Å². The van der Waals surface area contributed by atoms with Gasteiger partial charge in [0.2, 0.25) is 5.91 Å². The molecule has 38 heavy (non-hydrogen) atoms. The molecular formula is C29H44N2O7. The summed E-state index contributed by atoms with van der Waals surface area (Å²) >= 11 is 0. The van der Waals surface area contributed by atoms with Gasteiger partial charge in [-0.1, -0.05) is 50.6 Å². The van der Waals surface area contributed by atoms with E-state index < -0.39 is 53.8 Å². The van der Waals surface area contributed by atoms with Crippen LogP contribution >= 0.6 is 0 Å². The van der Waals surface area contributed by atoms with Crippen LogP contribution in [0.4, 0.5) is 4.79 Å². The molecule has 0 aromatic heterocycles. The van der Waals surface area contributed by atoms with E-state index in [0.717, 1.165) is 10.5 Å². The number of nitrogens with zero attached hydrogens (tertiary/aromatic N) is 2. The maximum atomic E-state index is 14.0. The summed E-state index contributed by atoms with van der Waals surface area (Å²) in [6.07, 6.45) is 0.860. The normalized spacial score (nSPS) is 17.4. The first-order valence-corrected chi connectivity index (χ1v) is 13.4. The largest absolute Gasteiger partial charge is 0.459 e.